The maximum atomic E-state index is 4.11. The van der Waals surface area contributed by atoms with Crippen LogP contribution in [0, 0.1) is 0 Å². The van der Waals surface area contributed by atoms with Crippen molar-refractivity contribution in [2.24, 2.45) is 0 Å². The van der Waals surface area contributed by atoms with Gasteiger partial charge >= 0.3 is 0 Å². The van der Waals surface area contributed by atoms with Gasteiger partial charge in [-0.3, -0.25) is 0 Å². The van der Waals surface area contributed by atoms with Crippen LogP contribution in [0.1, 0.15) is 17.5 Å². The average Bonchev–Trinajstić information content (AvgIpc) is 2.27. The van der Waals surface area contributed by atoms with Crippen LogP contribution in [0.5, 0.6) is 0 Å². The van der Waals surface area contributed by atoms with Gasteiger partial charge < -0.3 is 0 Å². The number of allylic oxidation sites excluding steroid dienone is 2. The van der Waals surface area contributed by atoms with Crippen LogP contribution in [-0.2, 0) is 0 Å². The van der Waals surface area contributed by atoms with Gasteiger partial charge in [0.15, 0.2) is 0 Å². The molecule has 0 fully saturated rings. The SMILES string of the molecule is C=C1CC=Cc2cc3ccccc3cc21. The molecule has 0 bridgehead atoms. The van der Waals surface area contributed by atoms with Gasteiger partial charge in [0.2, 0.25) is 0 Å². The molecule has 0 aromatic heterocycles. The molecule has 1 aliphatic carbocycles. The number of fused-ring (bicyclic) bond motifs is 2. The largest absolute Gasteiger partial charge is 0.0949 e. The van der Waals surface area contributed by atoms with Crippen LogP contribution < -0.4 is 0 Å². The second kappa shape index (κ2) is 3.09. The van der Waals surface area contributed by atoms with Crippen molar-refractivity contribution in [1.82, 2.24) is 0 Å². The van der Waals surface area contributed by atoms with Gasteiger partial charge in [-0.15, -0.1) is 0 Å². The lowest BCUT2D eigenvalue weighted by Gasteiger charge is -2.14. The molecule has 0 N–H and O–H groups in total. The highest BCUT2D eigenvalue weighted by Gasteiger charge is 2.08. The van der Waals surface area contributed by atoms with Crippen molar-refractivity contribution in [2.45, 2.75) is 6.42 Å². The summed E-state index contributed by atoms with van der Waals surface area (Å²) in [6, 6.07) is 13.0. The van der Waals surface area contributed by atoms with E-state index in [1.54, 1.807) is 0 Å². The minimum Gasteiger partial charge on any atom is -0.0949 e. The molecule has 0 radical (unpaired) electrons. The molecule has 72 valence electrons. The molecular formula is C15H12. The Kier molecular flexibility index (Phi) is 1.75. The van der Waals surface area contributed by atoms with E-state index < -0.39 is 0 Å². The normalized spacial score (nSPS) is 14.3. The monoisotopic (exact) mass is 192 g/mol. The van der Waals surface area contributed by atoms with Gasteiger partial charge in [0.25, 0.3) is 0 Å². The predicted molar refractivity (Wildman–Crippen MR) is 66.6 cm³/mol. The zero-order valence-corrected chi connectivity index (χ0v) is 8.53. The highest BCUT2D eigenvalue weighted by Crippen LogP contribution is 2.30. The summed E-state index contributed by atoms with van der Waals surface area (Å²) in [5, 5.41) is 2.60. The highest BCUT2D eigenvalue weighted by molar-refractivity contribution is 5.91. The lowest BCUT2D eigenvalue weighted by Crippen LogP contribution is -1.92. The summed E-state index contributed by atoms with van der Waals surface area (Å²) in [5.74, 6) is 0. The molecular weight excluding hydrogens is 180 g/mol. The quantitative estimate of drug-likeness (QED) is 0.584. The lowest BCUT2D eigenvalue weighted by atomic mass is 9.91. The van der Waals surface area contributed by atoms with Gasteiger partial charge in [-0.05, 0) is 46.0 Å². The van der Waals surface area contributed by atoms with E-state index in [1.807, 2.05) is 0 Å². The highest BCUT2D eigenvalue weighted by atomic mass is 14.1. The first kappa shape index (κ1) is 8.49. The van der Waals surface area contributed by atoms with Crippen molar-refractivity contribution in [3.05, 3.63) is 60.2 Å². The Morgan fingerprint density at radius 1 is 1.00 bits per heavy atom. The molecule has 15 heavy (non-hydrogen) atoms. The summed E-state index contributed by atoms with van der Waals surface area (Å²) in [4.78, 5) is 0. The third-order valence-corrected chi connectivity index (χ3v) is 2.96. The Labute approximate surface area is 89.6 Å². The van der Waals surface area contributed by atoms with Crippen LogP contribution in [0.2, 0.25) is 0 Å². The smallest absolute Gasteiger partial charge is 0.00938 e. The van der Waals surface area contributed by atoms with Crippen molar-refractivity contribution in [1.29, 1.82) is 0 Å². The number of rotatable bonds is 0. The van der Waals surface area contributed by atoms with E-state index in [9.17, 15) is 0 Å². The van der Waals surface area contributed by atoms with E-state index in [-0.39, 0.29) is 0 Å². The zero-order chi connectivity index (χ0) is 10.3. The first-order valence-electron chi connectivity index (χ1n) is 5.22. The Morgan fingerprint density at radius 2 is 1.73 bits per heavy atom. The maximum absolute atomic E-state index is 4.11. The summed E-state index contributed by atoms with van der Waals surface area (Å²) in [7, 11) is 0. The lowest BCUT2D eigenvalue weighted by molar-refractivity contribution is 1.38. The van der Waals surface area contributed by atoms with E-state index in [2.05, 4.69) is 55.1 Å². The molecule has 3 rings (SSSR count). The number of hydrogen-bond donors (Lipinski definition) is 0. The van der Waals surface area contributed by atoms with Crippen LogP contribution in [0.3, 0.4) is 0 Å². The van der Waals surface area contributed by atoms with Crippen LogP contribution in [0.15, 0.2) is 49.1 Å². The Morgan fingerprint density at radius 3 is 2.53 bits per heavy atom. The van der Waals surface area contributed by atoms with Gasteiger partial charge in [0.05, 0.1) is 0 Å². The molecule has 0 amide bonds. The van der Waals surface area contributed by atoms with Crippen LogP contribution in [-0.4, -0.2) is 0 Å². The molecule has 0 saturated carbocycles. The zero-order valence-electron chi connectivity index (χ0n) is 8.53. The molecule has 0 heterocycles. The summed E-state index contributed by atoms with van der Waals surface area (Å²) in [6.45, 7) is 4.11. The molecule has 0 spiro atoms. The number of benzene rings is 2. The summed E-state index contributed by atoms with van der Waals surface area (Å²) in [6.07, 6.45) is 5.35. The average molecular weight is 192 g/mol. The second-order valence-corrected chi connectivity index (χ2v) is 4.00. The second-order valence-electron chi connectivity index (χ2n) is 4.00. The fraction of sp³-hybridized carbons (Fsp3) is 0.0667. The van der Waals surface area contributed by atoms with E-state index in [1.165, 1.54) is 27.5 Å². The van der Waals surface area contributed by atoms with Crippen molar-refractivity contribution < 1.29 is 0 Å². The van der Waals surface area contributed by atoms with E-state index in [0.29, 0.717) is 0 Å². The van der Waals surface area contributed by atoms with Crippen molar-refractivity contribution in [2.75, 3.05) is 0 Å². The Balaban J connectivity index is 2.38. The van der Waals surface area contributed by atoms with Gasteiger partial charge in [0.1, 0.15) is 0 Å². The molecule has 0 nitrogen and oxygen atoms in total. The van der Waals surface area contributed by atoms with E-state index in [0.717, 1.165) is 6.42 Å². The Bertz CT molecular complexity index is 574. The minimum atomic E-state index is 0.978. The molecule has 1 aliphatic rings. The molecule has 0 aliphatic heterocycles. The van der Waals surface area contributed by atoms with E-state index in [4.69, 9.17) is 0 Å². The van der Waals surface area contributed by atoms with Crippen LogP contribution in [0.25, 0.3) is 22.4 Å². The van der Waals surface area contributed by atoms with E-state index >= 15 is 0 Å². The number of hydrogen-bond acceptors (Lipinski definition) is 0. The molecule has 0 atom stereocenters. The molecule has 0 heteroatoms. The summed E-state index contributed by atoms with van der Waals surface area (Å²) >= 11 is 0. The maximum Gasteiger partial charge on any atom is -0.00938 e. The van der Waals surface area contributed by atoms with Gasteiger partial charge in [-0.2, -0.15) is 0 Å². The molecule has 2 aromatic carbocycles. The van der Waals surface area contributed by atoms with Crippen molar-refractivity contribution in [3.63, 3.8) is 0 Å². The van der Waals surface area contributed by atoms with Gasteiger partial charge in [-0.25, -0.2) is 0 Å². The fourth-order valence-electron chi connectivity index (χ4n) is 2.14. The predicted octanol–water partition coefficient (Wildman–Crippen LogP) is 4.27. The molecule has 2 aromatic rings. The van der Waals surface area contributed by atoms with Crippen molar-refractivity contribution in [3.8, 4) is 0 Å². The third kappa shape index (κ3) is 1.30. The summed E-state index contributed by atoms with van der Waals surface area (Å²) in [5.41, 5.74) is 3.82. The summed E-state index contributed by atoms with van der Waals surface area (Å²) < 4.78 is 0. The topological polar surface area (TPSA) is 0 Å². The standard InChI is InChI=1S/C15H12/c1-11-5-4-8-14-9-12-6-2-3-7-13(12)10-15(11)14/h2-4,6-10H,1,5H2. The first-order valence-corrected chi connectivity index (χ1v) is 5.22. The van der Waals surface area contributed by atoms with Crippen LogP contribution >= 0.6 is 0 Å². The van der Waals surface area contributed by atoms with Gasteiger partial charge in [0, 0.05) is 0 Å². The Hall–Kier alpha value is -1.82. The van der Waals surface area contributed by atoms with Crippen molar-refractivity contribution >= 4 is 22.4 Å². The molecule has 0 unspecified atom stereocenters. The van der Waals surface area contributed by atoms with Crippen LogP contribution in [0.4, 0.5) is 0 Å². The first-order chi connectivity index (χ1) is 7.34. The third-order valence-electron chi connectivity index (χ3n) is 2.96. The minimum absolute atomic E-state index is 0.978. The van der Waals surface area contributed by atoms with Gasteiger partial charge in [-0.1, -0.05) is 43.0 Å². The fourth-order valence-corrected chi connectivity index (χ4v) is 2.14. The molecule has 0 saturated heterocycles.